The molecule has 1 N–H and O–H groups in total. The van der Waals surface area contributed by atoms with Crippen LogP contribution in [0, 0.1) is 5.92 Å². The molecule has 0 aromatic heterocycles. The Morgan fingerprint density at radius 3 is 2.44 bits per heavy atom. The Morgan fingerprint density at radius 2 is 1.76 bits per heavy atom. The fourth-order valence-corrected chi connectivity index (χ4v) is 2.30. The molecule has 0 heterocycles. The minimum absolute atomic E-state index is 0.0515. The lowest BCUT2D eigenvalue weighted by atomic mass is 9.99. The van der Waals surface area contributed by atoms with E-state index in [4.69, 9.17) is 4.74 Å². The standard InChI is InChI=1S/C20H21NO4/c1-13(2)18(22)12-14-7-6-8-15(11-14)19(23)21-17-10-5-4-9-16(17)20(24)25-3/h4-11,13H,12H2,1-3H3,(H,21,23). The summed E-state index contributed by atoms with van der Waals surface area (Å²) in [5.41, 5.74) is 1.87. The number of hydrogen-bond acceptors (Lipinski definition) is 4. The van der Waals surface area contributed by atoms with Crippen molar-refractivity contribution in [3.05, 3.63) is 65.2 Å². The van der Waals surface area contributed by atoms with Gasteiger partial charge in [-0.05, 0) is 29.8 Å². The number of ketones is 1. The van der Waals surface area contributed by atoms with Crippen molar-refractivity contribution >= 4 is 23.3 Å². The van der Waals surface area contributed by atoms with Gasteiger partial charge in [-0.25, -0.2) is 4.79 Å². The van der Waals surface area contributed by atoms with Gasteiger partial charge in [0.05, 0.1) is 18.4 Å². The topological polar surface area (TPSA) is 72.5 Å². The molecule has 1 amide bonds. The van der Waals surface area contributed by atoms with Crippen molar-refractivity contribution < 1.29 is 19.1 Å². The minimum Gasteiger partial charge on any atom is -0.465 e. The predicted octanol–water partition coefficient (Wildman–Crippen LogP) is 3.49. The van der Waals surface area contributed by atoms with Gasteiger partial charge in [-0.15, -0.1) is 0 Å². The zero-order chi connectivity index (χ0) is 18.4. The first-order valence-electron chi connectivity index (χ1n) is 8.02. The second-order valence-electron chi connectivity index (χ2n) is 5.99. The molecule has 0 aliphatic rings. The second-order valence-corrected chi connectivity index (χ2v) is 5.99. The van der Waals surface area contributed by atoms with Gasteiger partial charge in [0.1, 0.15) is 5.78 Å². The molecule has 5 nitrogen and oxygen atoms in total. The number of benzene rings is 2. The Hall–Kier alpha value is -2.95. The highest BCUT2D eigenvalue weighted by atomic mass is 16.5. The Morgan fingerprint density at radius 1 is 1.04 bits per heavy atom. The highest BCUT2D eigenvalue weighted by Crippen LogP contribution is 2.18. The van der Waals surface area contributed by atoms with Crippen molar-refractivity contribution in [2.75, 3.05) is 12.4 Å². The highest BCUT2D eigenvalue weighted by molar-refractivity contribution is 6.08. The molecular formula is C20H21NO4. The molecule has 0 saturated heterocycles. The van der Waals surface area contributed by atoms with E-state index in [9.17, 15) is 14.4 Å². The summed E-state index contributed by atoms with van der Waals surface area (Å²) in [5.74, 6) is -0.805. The molecule has 0 aliphatic carbocycles. The summed E-state index contributed by atoms with van der Waals surface area (Å²) in [4.78, 5) is 36.2. The first-order chi connectivity index (χ1) is 11.9. The Bertz CT molecular complexity index is 796. The van der Waals surface area contributed by atoms with Crippen LogP contribution in [0.1, 0.15) is 40.1 Å². The maximum Gasteiger partial charge on any atom is 0.339 e. The van der Waals surface area contributed by atoms with Crippen molar-refractivity contribution in [3.63, 3.8) is 0 Å². The van der Waals surface area contributed by atoms with Crippen LogP contribution >= 0.6 is 0 Å². The average molecular weight is 339 g/mol. The predicted molar refractivity (Wildman–Crippen MR) is 95.7 cm³/mol. The lowest BCUT2D eigenvalue weighted by molar-refractivity contribution is -0.121. The van der Waals surface area contributed by atoms with Gasteiger partial charge >= 0.3 is 5.97 Å². The molecule has 0 saturated carbocycles. The molecule has 5 heteroatoms. The van der Waals surface area contributed by atoms with Crippen LogP contribution in [0.15, 0.2) is 48.5 Å². The van der Waals surface area contributed by atoms with E-state index in [1.54, 1.807) is 42.5 Å². The number of amides is 1. The summed E-state index contributed by atoms with van der Waals surface area (Å²) in [6.07, 6.45) is 0.289. The Kier molecular flexibility index (Phi) is 6.06. The Labute approximate surface area is 147 Å². The summed E-state index contributed by atoms with van der Waals surface area (Å²) in [6, 6.07) is 13.6. The molecule has 0 fully saturated rings. The van der Waals surface area contributed by atoms with Gasteiger partial charge in [0, 0.05) is 17.9 Å². The van der Waals surface area contributed by atoms with E-state index in [1.165, 1.54) is 7.11 Å². The normalized spacial score (nSPS) is 10.4. The van der Waals surface area contributed by atoms with Crippen molar-refractivity contribution in [2.24, 2.45) is 5.92 Å². The SMILES string of the molecule is COC(=O)c1ccccc1NC(=O)c1cccc(CC(=O)C(C)C)c1. The third-order valence-corrected chi connectivity index (χ3v) is 3.79. The lowest BCUT2D eigenvalue weighted by Crippen LogP contribution is -2.16. The summed E-state index contributed by atoms with van der Waals surface area (Å²) in [6.45, 7) is 3.70. The van der Waals surface area contributed by atoms with Crippen LogP contribution in [0.25, 0.3) is 0 Å². The van der Waals surface area contributed by atoms with Crippen molar-refractivity contribution in [1.29, 1.82) is 0 Å². The third-order valence-electron chi connectivity index (χ3n) is 3.79. The third kappa shape index (κ3) is 4.76. The number of carbonyl (C=O) groups excluding carboxylic acids is 3. The van der Waals surface area contributed by atoms with Crippen LogP contribution in [0.3, 0.4) is 0 Å². The minimum atomic E-state index is -0.521. The summed E-state index contributed by atoms with van der Waals surface area (Å²) in [7, 11) is 1.29. The number of carbonyl (C=O) groups is 3. The maximum atomic E-state index is 12.5. The van der Waals surface area contributed by atoms with Crippen LogP contribution < -0.4 is 5.32 Å². The van der Waals surface area contributed by atoms with E-state index < -0.39 is 5.97 Å². The molecule has 0 unspecified atom stereocenters. The largest absolute Gasteiger partial charge is 0.465 e. The maximum absolute atomic E-state index is 12.5. The summed E-state index contributed by atoms with van der Waals surface area (Å²) < 4.78 is 4.72. The molecule has 130 valence electrons. The number of rotatable bonds is 6. The first kappa shape index (κ1) is 18.4. The number of ether oxygens (including phenoxy) is 1. The summed E-state index contributed by atoms with van der Waals surface area (Å²) >= 11 is 0. The molecule has 0 atom stereocenters. The van der Waals surface area contributed by atoms with Crippen molar-refractivity contribution in [3.8, 4) is 0 Å². The van der Waals surface area contributed by atoms with Gasteiger partial charge in [0.25, 0.3) is 5.91 Å². The van der Waals surface area contributed by atoms with Crippen molar-refractivity contribution in [1.82, 2.24) is 0 Å². The molecule has 2 aromatic rings. The zero-order valence-electron chi connectivity index (χ0n) is 14.5. The number of anilines is 1. The van der Waals surface area contributed by atoms with Crippen LogP contribution in [-0.4, -0.2) is 24.8 Å². The average Bonchev–Trinajstić information content (AvgIpc) is 2.61. The fourth-order valence-electron chi connectivity index (χ4n) is 2.30. The first-order valence-corrected chi connectivity index (χ1v) is 8.02. The van der Waals surface area contributed by atoms with E-state index in [0.29, 0.717) is 11.3 Å². The highest BCUT2D eigenvalue weighted by Gasteiger charge is 2.15. The number of esters is 1. The number of Topliss-reactive ketones (excluding diaryl/α,β-unsaturated/α-hetero) is 1. The molecular weight excluding hydrogens is 318 g/mol. The fraction of sp³-hybridized carbons (Fsp3) is 0.250. The van der Waals surface area contributed by atoms with E-state index in [-0.39, 0.29) is 29.6 Å². The molecule has 2 rings (SSSR count). The lowest BCUT2D eigenvalue weighted by Gasteiger charge is -2.10. The number of nitrogens with one attached hydrogen (secondary N) is 1. The van der Waals surface area contributed by atoms with Crippen LogP contribution in [0.2, 0.25) is 0 Å². The zero-order valence-corrected chi connectivity index (χ0v) is 14.5. The number of hydrogen-bond donors (Lipinski definition) is 1. The molecule has 0 radical (unpaired) electrons. The Balaban J connectivity index is 2.20. The molecule has 0 spiro atoms. The van der Waals surface area contributed by atoms with Gasteiger partial charge in [0.15, 0.2) is 0 Å². The molecule has 25 heavy (non-hydrogen) atoms. The van der Waals surface area contributed by atoms with Gasteiger partial charge in [-0.1, -0.05) is 38.1 Å². The van der Waals surface area contributed by atoms with Gasteiger partial charge in [-0.2, -0.15) is 0 Å². The van der Waals surface area contributed by atoms with Gasteiger partial charge in [-0.3, -0.25) is 9.59 Å². The number of para-hydroxylation sites is 1. The van der Waals surface area contributed by atoms with Crippen LogP contribution in [-0.2, 0) is 16.0 Å². The van der Waals surface area contributed by atoms with Crippen LogP contribution in [0.5, 0.6) is 0 Å². The van der Waals surface area contributed by atoms with Gasteiger partial charge in [0.2, 0.25) is 0 Å². The van der Waals surface area contributed by atoms with Crippen LogP contribution in [0.4, 0.5) is 5.69 Å². The smallest absolute Gasteiger partial charge is 0.339 e. The molecule has 2 aromatic carbocycles. The summed E-state index contributed by atoms with van der Waals surface area (Å²) in [5, 5.41) is 2.72. The van der Waals surface area contributed by atoms with E-state index in [1.807, 2.05) is 19.9 Å². The van der Waals surface area contributed by atoms with E-state index in [0.717, 1.165) is 5.56 Å². The number of methoxy groups -OCH3 is 1. The molecule has 0 aliphatic heterocycles. The van der Waals surface area contributed by atoms with Crippen molar-refractivity contribution in [2.45, 2.75) is 20.3 Å². The second kappa shape index (κ2) is 8.24. The molecule has 0 bridgehead atoms. The van der Waals surface area contributed by atoms with Gasteiger partial charge < -0.3 is 10.1 Å². The monoisotopic (exact) mass is 339 g/mol. The quantitative estimate of drug-likeness (QED) is 0.818. The van der Waals surface area contributed by atoms with E-state index in [2.05, 4.69) is 5.32 Å². The van der Waals surface area contributed by atoms with E-state index >= 15 is 0 Å².